The minimum absolute atomic E-state index is 0.00552. The van der Waals surface area contributed by atoms with E-state index in [2.05, 4.69) is 50.2 Å². The van der Waals surface area contributed by atoms with Crippen LogP contribution in [0.25, 0.3) is 5.57 Å². The molecule has 0 amide bonds. The number of ketones is 1. The van der Waals surface area contributed by atoms with Crippen molar-refractivity contribution in [3.8, 4) is 0 Å². The second-order valence-electron chi connectivity index (χ2n) is 7.65. The predicted molar refractivity (Wildman–Crippen MR) is 120 cm³/mol. The Balaban J connectivity index is 2.31. The average molecular weight is 393 g/mol. The van der Waals surface area contributed by atoms with E-state index in [1.165, 1.54) is 11.1 Å². The molecule has 0 saturated heterocycles. The first-order valence-electron chi connectivity index (χ1n) is 10.2. The molecule has 0 bridgehead atoms. The van der Waals surface area contributed by atoms with Gasteiger partial charge in [-0.15, -0.1) is 0 Å². The van der Waals surface area contributed by atoms with E-state index in [9.17, 15) is 15.0 Å². The smallest absolute Gasteiger partial charge is 0.135 e. The molecule has 0 fully saturated rings. The number of rotatable bonds is 9. The van der Waals surface area contributed by atoms with Crippen LogP contribution in [-0.4, -0.2) is 28.2 Å². The average Bonchev–Trinajstić information content (AvgIpc) is 2.69. The van der Waals surface area contributed by atoms with Crippen molar-refractivity contribution in [3.05, 3.63) is 88.5 Å². The fourth-order valence-corrected chi connectivity index (χ4v) is 3.36. The highest BCUT2D eigenvalue weighted by atomic mass is 16.3. The van der Waals surface area contributed by atoms with Gasteiger partial charge in [-0.1, -0.05) is 73.2 Å². The summed E-state index contributed by atoms with van der Waals surface area (Å²) in [5.41, 5.74) is 6.81. The molecule has 0 aromatic heterocycles. The zero-order valence-electron chi connectivity index (χ0n) is 17.9. The van der Waals surface area contributed by atoms with Gasteiger partial charge < -0.3 is 10.2 Å². The van der Waals surface area contributed by atoms with Crippen LogP contribution in [0.2, 0.25) is 0 Å². The zero-order chi connectivity index (χ0) is 21.4. The molecule has 0 saturated carbocycles. The number of allylic oxidation sites excluding steroid dienone is 2. The molecule has 154 valence electrons. The lowest BCUT2D eigenvalue weighted by atomic mass is 9.90. The van der Waals surface area contributed by atoms with Crippen molar-refractivity contribution in [1.29, 1.82) is 0 Å². The molecule has 0 heterocycles. The molecule has 2 N–H and O–H groups in total. The van der Waals surface area contributed by atoms with Gasteiger partial charge in [0.25, 0.3) is 0 Å². The Morgan fingerprint density at radius 1 is 1.03 bits per heavy atom. The van der Waals surface area contributed by atoms with Crippen molar-refractivity contribution in [2.75, 3.05) is 0 Å². The fraction of sp³-hybridized carbons (Fsp3) is 0.346. The van der Waals surface area contributed by atoms with E-state index in [1.54, 1.807) is 13.0 Å². The topological polar surface area (TPSA) is 57.5 Å². The number of aliphatic hydroxyl groups is 2. The maximum Gasteiger partial charge on any atom is 0.135 e. The molecule has 0 spiro atoms. The molecule has 0 aliphatic heterocycles. The maximum absolute atomic E-state index is 11.5. The predicted octanol–water partition coefficient (Wildman–Crippen LogP) is 5.16. The lowest BCUT2D eigenvalue weighted by molar-refractivity contribution is -0.120. The molecule has 3 heteroatoms. The Hall–Kier alpha value is -2.49. The summed E-state index contributed by atoms with van der Waals surface area (Å²) >= 11 is 0. The van der Waals surface area contributed by atoms with Gasteiger partial charge in [-0.3, -0.25) is 4.79 Å². The van der Waals surface area contributed by atoms with E-state index in [0.29, 0.717) is 6.42 Å². The normalized spacial score (nSPS) is 14.6. The largest absolute Gasteiger partial charge is 0.393 e. The van der Waals surface area contributed by atoms with Crippen LogP contribution in [0.4, 0.5) is 0 Å². The van der Waals surface area contributed by atoms with E-state index < -0.39 is 12.2 Å². The second kappa shape index (κ2) is 10.9. The number of carbonyl (C=O) groups is 1. The molecule has 2 aromatic carbocycles. The third-order valence-corrected chi connectivity index (χ3v) is 5.09. The van der Waals surface area contributed by atoms with E-state index in [0.717, 1.165) is 22.3 Å². The fourth-order valence-electron chi connectivity index (χ4n) is 3.36. The van der Waals surface area contributed by atoms with E-state index in [1.807, 2.05) is 25.1 Å². The third-order valence-electron chi connectivity index (χ3n) is 5.09. The van der Waals surface area contributed by atoms with Gasteiger partial charge in [-0.25, -0.2) is 0 Å². The molecular formula is C26H32O3. The minimum atomic E-state index is -0.820. The minimum Gasteiger partial charge on any atom is -0.393 e. The highest BCUT2D eigenvalue weighted by Crippen LogP contribution is 2.30. The Morgan fingerprint density at radius 2 is 1.69 bits per heavy atom. The number of Topliss-reactive ketones (excluding diaryl/α,β-unsaturated/α-hetero) is 1. The molecular weight excluding hydrogens is 360 g/mol. The Labute approximate surface area is 174 Å². The van der Waals surface area contributed by atoms with Gasteiger partial charge in [0.1, 0.15) is 5.78 Å². The first-order chi connectivity index (χ1) is 13.8. The van der Waals surface area contributed by atoms with Crippen molar-refractivity contribution < 1.29 is 15.0 Å². The third kappa shape index (κ3) is 6.81. The van der Waals surface area contributed by atoms with Gasteiger partial charge >= 0.3 is 0 Å². The molecule has 0 radical (unpaired) electrons. The Bertz CT molecular complexity index is 875. The van der Waals surface area contributed by atoms with Crippen molar-refractivity contribution in [2.24, 2.45) is 0 Å². The van der Waals surface area contributed by atoms with Crippen molar-refractivity contribution in [3.63, 3.8) is 0 Å². The van der Waals surface area contributed by atoms with Gasteiger partial charge in [0.15, 0.2) is 0 Å². The van der Waals surface area contributed by atoms with Gasteiger partial charge in [0.05, 0.1) is 12.2 Å². The zero-order valence-corrected chi connectivity index (χ0v) is 17.9. The van der Waals surface area contributed by atoms with E-state index >= 15 is 0 Å². The second-order valence-corrected chi connectivity index (χ2v) is 7.65. The number of hydrogen-bond donors (Lipinski definition) is 2. The van der Waals surface area contributed by atoms with Crippen molar-refractivity contribution >= 4 is 11.4 Å². The van der Waals surface area contributed by atoms with E-state index in [4.69, 9.17) is 0 Å². The molecule has 0 aliphatic rings. The van der Waals surface area contributed by atoms with E-state index in [-0.39, 0.29) is 18.6 Å². The number of benzene rings is 2. The van der Waals surface area contributed by atoms with Crippen LogP contribution in [0.1, 0.15) is 55.4 Å². The monoisotopic (exact) mass is 392 g/mol. The van der Waals surface area contributed by atoms with Crippen molar-refractivity contribution in [1.82, 2.24) is 0 Å². The summed E-state index contributed by atoms with van der Waals surface area (Å²) in [6.07, 6.45) is 2.62. The summed E-state index contributed by atoms with van der Waals surface area (Å²) < 4.78 is 0. The number of aryl methyl sites for hydroxylation is 2. The number of aliphatic hydroxyl groups excluding tert-OH is 2. The molecule has 2 rings (SSSR count). The number of hydrogen-bond acceptors (Lipinski definition) is 3. The maximum atomic E-state index is 11.5. The lowest BCUT2D eigenvalue weighted by Crippen LogP contribution is -2.19. The first-order valence-corrected chi connectivity index (χ1v) is 10.2. The van der Waals surface area contributed by atoms with Crippen molar-refractivity contribution in [2.45, 2.75) is 59.2 Å². The summed E-state index contributed by atoms with van der Waals surface area (Å²) in [4.78, 5) is 11.5. The van der Waals surface area contributed by atoms with Crippen LogP contribution in [0.3, 0.4) is 0 Å². The summed E-state index contributed by atoms with van der Waals surface area (Å²) in [7, 11) is 0. The van der Waals surface area contributed by atoms with Gasteiger partial charge in [0.2, 0.25) is 0 Å². The SMILES string of the molecule is CCC(=O)CC(O)CC(O)/C=C/C(C)=C(\c1ccc(C)cc1)c1ccccc1C. The summed E-state index contributed by atoms with van der Waals surface area (Å²) in [5.74, 6) is 0.00552. The molecule has 2 aromatic rings. The van der Waals surface area contributed by atoms with Gasteiger partial charge in [-0.2, -0.15) is 0 Å². The van der Waals surface area contributed by atoms with Gasteiger partial charge in [0, 0.05) is 19.3 Å². The Kier molecular flexibility index (Phi) is 8.56. The van der Waals surface area contributed by atoms with Crippen LogP contribution in [0.15, 0.2) is 66.3 Å². The highest BCUT2D eigenvalue weighted by Gasteiger charge is 2.14. The quantitative estimate of drug-likeness (QED) is 0.579. The van der Waals surface area contributed by atoms with Gasteiger partial charge in [-0.05, 0) is 48.6 Å². The van der Waals surface area contributed by atoms with Crippen LogP contribution in [-0.2, 0) is 4.79 Å². The number of carbonyl (C=O) groups excluding carboxylic acids is 1. The van der Waals surface area contributed by atoms with Crippen LogP contribution < -0.4 is 0 Å². The lowest BCUT2D eigenvalue weighted by Gasteiger charge is -2.15. The standard InChI is InChI=1S/C26H32O3/c1-5-22(27)16-24(29)17-23(28)15-12-20(4)26(21-13-10-18(2)11-14-21)25-9-7-6-8-19(25)3/h6-15,23-24,28-29H,5,16-17H2,1-4H3/b15-12+,26-20+. The van der Waals surface area contributed by atoms with Crippen LogP contribution in [0, 0.1) is 13.8 Å². The summed E-state index contributed by atoms with van der Waals surface area (Å²) in [6.45, 7) is 7.97. The molecule has 0 aliphatic carbocycles. The molecule has 2 unspecified atom stereocenters. The molecule has 2 atom stereocenters. The molecule has 29 heavy (non-hydrogen) atoms. The summed E-state index contributed by atoms with van der Waals surface area (Å²) in [6, 6.07) is 16.7. The molecule has 3 nitrogen and oxygen atoms in total. The van der Waals surface area contributed by atoms with Crippen LogP contribution in [0.5, 0.6) is 0 Å². The van der Waals surface area contributed by atoms with Crippen LogP contribution >= 0.6 is 0 Å². The summed E-state index contributed by atoms with van der Waals surface area (Å²) in [5, 5.41) is 20.3. The Morgan fingerprint density at radius 3 is 2.31 bits per heavy atom. The first kappa shape index (κ1) is 22.8. The highest BCUT2D eigenvalue weighted by molar-refractivity contribution is 5.84.